The SMILES string of the molecule is Cc1c(CN2CC(NS(C)(=O)=O)CC2c2nc(-c3ccccc3)n[nH]2)cnn1C. The molecule has 0 aliphatic carbocycles. The molecule has 9 nitrogen and oxygen atoms in total. The minimum absolute atomic E-state index is 0.0705. The lowest BCUT2D eigenvalue weighted by Crippen LogP contribution is -2.36. The lowest BCUT2D eigenvalue weighted by molar-refractivity contribution is 0.238. The van der Waals surface area contributed by atoms with Gasteiger partial charge in [-0.05, 0) is 13.3 Å². The van der Waals surface area contributed by atoms with Crippen molar-refractivity contribution in [3.63, 3.8) is 0 Å². The van der Waals surface area contributed by atoms with Gasteiger partial charge in [-0.1, -0.05) is 30.3 Å². The van der Waals surface area contributed by atoms with Crippen molar-refractivity contribution in [2.45, 2.75) is 32.0 Å². The fraction of sp³-hybridized carbons (Fsp3) is 0.421. The largest absolute Gasteiger partial charge is 0.287 e. The molecule has 29 heavy (non-hydrogen) atoms. The van der Waals surface area contributed by atoms with Gasteiger partial charge in [0.15, 0.2) is 5.82 Å². The van der Waals surface area contributed by atoms with Crippen molar-refractivity contribution in [1.29, 1.82) is 0 Å². The fourth-order valence-corrected chi connectivity index (χ4v) is 4.58. The van der Waals surface area contributed by atoms with E-state index in [1.807, 2.05) is 55.2 Å². The molecular weight excluding hydrogens is 390 g/mol. The van der Waals surface area contributed by atoms with Crippen molar-refractivity contribution >= 4 is 10.0 Å². The Balaban J connectivity index is 1.61. The first-order valence-electron chi connectivity index (χ1n) is 9.46. The number of hydrogen-bond acceptors (Lipinski definition) is 6. The molecule has 154 valence electrons. The zero-order valence-electron chi connectivity index (χ0n) is 16.7. The van der Waals surface area contributed by atoms with E-state index in [0.29, 0.717) is 25.3 Å². The number of nitrogens with zero attached hydrogens (tertiary/aromatic N) is 5. The molecule has 10 heteroatoms. The summed E-state index contributed by atoms with van der Waals surface area (Å²) in [4.78, 5) is 6.93. The summed E-state index contributed by atoms with van der Waals surface area (Å²) in [6.07, 6.45) is 3.67. The Labute approximate surface area is 170 Å². The van der Waals surface area contributed by atoms with Crippen LogP contribution in [0.3, 0.4) is 0 Å². The maximum atomic E-state index is 11.8. The Morgan fingerprint density at radius 1 is 1.28 bits per heavy atom. The van der Waals surface area contributed by atoms with Gasteiger partial charge in [0.2, 0.25) is 10.0 Å². The van der Waals surface area contributed by atoms with Gasteiger partial charge in [0.1, 0.15) is 5.82 Å². The van der Waals surface area contributed by atoms with Crippen LogP contribution in [0.25, 0.3) is 11.4 Å². The molecular formula is C19H25N7O2S. The molecule has 2 N–H and O–H groups in total. The smallest absolute Gasteiger partial charge is 0.208 e. The normalized spacial score (nSPS) is 20.4. The second-order valence-corrected chi connectivity index (χ2v) is 9.34. The quantitative estimate of drug-likeness (QED) is 0.630. The summed E-state index contributed by atoms with van der Waals surface area (Å²) < 4.78 is 28.1. The van der Waals surface area contributed by atoms with Gasteiger partial charge < -0.3 is 0 Å². The Morgan fingerprint density at radius 2 is 2.03 bits per heavy atom. The average molecular weight is 416 g/mol. The third-order valence-corrected chi connectivity index (χ3v) is 6.11. The maximum absolute atomic E-state index is 11.8. The number of aryl methyl sites for hydroxylation is 1. The highest BCUT2D eigenvalue weighted by atomic mass is 32.2. The molecule has 1 fully saturated rings. The molecule has 0 bridgehead atoms. The molecule has 4 rings (SSSR count). The van der Waals surface area contributed by atoms with Crippen molar-refractivity contribution in [3.8, 4) is 11.4 Å². The second-order valence-electron chi connectivity index (χ2n) is 7.56. The van der Waals surface area contributed by atoms with Crippen LogP contribution < -0.4 is 4.72 Å². The minimum Gasteiger partial charge on any atom is -0.287 e. The van der Waals surface area contributed by atoms with E-state index in [-0.39, 0.29) is 12.1 Å². The number of rotatable bonds is 6. The molecule has 0 amide bonds. The van der Waals surface area contributed by atoms with E-state index < -0.39 is 10.0 Å². The average Bonchev–Trinajstić information content (AvgIpc) is 3.37. The lowest BCUT2D eigenvalue weighted by Gasteiger charge is -2.22. The summed E-state index contributed by atoms with van der Waals surface area (Å²) in [6, 6.07) is 9.53. The molecule has 0 spiro atoms. The van der Waals surface area contributed by atoms with Crippen molar-refractivity contribution in [2.75, 3.05) is 12.8 Å². The molecule has 2 atom stereocenters. The number of likely N-dealkylation sites (tertiary alicyclic amines) is 1. The Hall–Kier alpha value is -2.56. The highest BCUT2D eigenvalue weighted by molar-refractivity contribution is 7.88. The van der Waals surface area contributed by atoms with E-state index in [1.165, 1.54) is 6.26 Å². The van der Waals surface area contributed by atoms with E-state index >= 15 is 0 Å². The van der Waals surface area contributed by atoms with E-state index in [1.54, 1.807) is 0 Å². The Morgan fingerprint density at radius 3 is 2.69 bits per heavy atom. The van der Waals surface area contributed by atoms with Crippen LogP contribution in [-0.2, 0) is 23.6 Å². The molecule has 3 aromatic rings. The first-order chi connectivity index (χ1) is 13.8. The second kappa shape index (κ2) is 7.69. The third kappa shape index (κ3) is 4.39. The molecule has 0 saturated carbocycles. The number of nitrogens with one attached hydrogen (secondary N) is 2. The highest BCUT2D eigenvalue weighted by Crippen LogP contribution is 2.33. The van der Waals surface area contributed by atoms with Crippen LogP contribution in [0.1, 0.15) is 29.5 Å². The molecule has 1 aliphatic heterocycles. The van der Waals surface area contributed by atoms with Crippen molar-refractivity contribution in [2.24, 2.45) is 7.05 Å². The standard InChI is InChI=1S/C19H25N7O2S/c1-13-15(10-20-25(13)2)11-26-12-16(24-29(3,27)28)9-17(26)19-21-18(22-23-19)14-7-5-4-6-8-14/h4-8,10,16-17,24H,9,11-12H2,1-3H3,(H,21,22,23). The molecule has 2 unspecified atom stereocenters. The molecule has 0 radical (unpaired) electrons. The number of aromatic nitrogens is 5. The van der Waals surface area contributed by atoms with Gasteiger partial charge in [-0.15, -0.1) is 0 Å². The maximum Gasteiger partial charge on any atom is 0.208 e. The van der Waals surface area contributed by atoms with Gasteiger partial charge in [-0.25, -0.2) is 18.1 Å². The van der Waals surface area contributed by atoms with Crippen LogP contribution in [0.2, 0.25) is 0 Å². The lowest BCUT2D eigenvalue weighted by atomic mass is 10.1. The summed E-state index contributed by atoms with van der Waals surface area (Å²) in [5.41, 5.74) is 3.14. The number of aromatic amines is 1. The predicted molar refractivity (Wildman–Crippen MR) is 109 cm³/mol. The zero-order chi connectivity index (χ0) is 20.6. The third-order valence-electron chi connectivity index (χ3n) is 5.34. The minimum atomic E-state index is -3.29. The first kappa shape index (κ1) is 19.7. The number of sulfonamides is 1. The van der Waals surface area contributed by atoms with Crippen LogP contribution in [0, 0.1) is 6.92 Å². The van der Waals surface area contributed by atoms with Crippen LogP contribution in [0.15, 0.2) is 36.5 Å². The number of benzene rings is 1. The highest BCUT2D eigenvalue weighted by Gasteiger charge is 2.36. The van der Waals surface area contributed by atoms with E-state index in [2.05, 4.69) is 24.9 Å². The summed E-state index contributed by atoms with van der Waals surface area (Å²) in [5, 5.41) is 11.8. The molecule has 1 aliphatic rings. The summed E-state index contributed by atoms with van der Waals surface area (Å²) in [5.74, 6) is 1.38. The summed E-state index contributed by atoms with van der Waals surface area (Å²) in [6.45, 7) is 3.28. The van der Waals surface area contributed by atoms with Crippen molar-refractivity contribution in [1.82, 2.24) is 34.6 Å². The van der Waals surface area contributed by atoms with Gasteiger partial charge in [0.05, 0.1) is 18.5 Å². The van der Waals surface area contributed by atoms with Gasteiger partial charge in [-0.2, -0.15) is 10.2 Å². The van der Waals surface area contributed by atoms with Gasteiger partial charge >= 0.3 is 0 Å². The van der Waals surface area contributed by atoms with E-state index in [0.717, 1.165) is 22.6 Å². The fourth-order valence-electron chi connectivity index (χ4n) is 3.81. The van der Waals surface area contributed by atoms with E-state index in [4.69, 9.17) is 4.98 Å². The van der Waals surface area contributed by atoms with Crippen LogP contribution >= 0.6 is 0 Å². The number of H-pyrrole nitrogens is 1. The van der Waals surface area contributed by atoms with Crippen LogP contribution in [-0.4, -0.2) is 57.1 Å². The number of hydrogen-bond donors (Lipinski definition) is 2. The zero-order valence-corrected chi connectivity index (χ0v) is 17.5. The van der Waals surface area contributed by atoms with Gasteiger partial charge in [-0.3, -0.25) is 14.7 Å². The molecule has 1 saturated heterocycles. The topological polar surface area (TPSA) is 109 Å². The monoisotopic (exact) mass is 415 g/mol. The van der Waals surface area contributed by atoms with Gasteiger partial charge in [0.25, 0.3) is 0 Å². The Bertz CT molecular complexity index is 1090. The molecule has 3 heterocycles. The van der Waals surface area contributed by atoms with E-state index in [9.17, 15) is 8.42 Å². The Kier molecular flexibility index (Phi) is 5.24. The predicted octanol–water partition coefficient (Wildman–Crippen LogP) is 1.38. The van der Waals surface area contributed by atoms with Crippen LogP contribution in [0.5, 0.6) is 0 Å². The van der Waals surface area contributed by atoms with Gasteiger partial charge in [0, 0.05) is 43.0 Å². The van der Waals surface area contributed by atoms with Crippen molar-refractivity contribution < 1.29 is 8.42 Å². The summed E-state index contributed by atoms with van der Waals surface area (Å²) in [7, 11) is -1.38. The van der Waals surface area contributed by atoms with Crippen LogP contribution in [0.4, 0.5) is 0 Å². The first-order valence-corrected chi connectivity index (χ1v) is 11.4. The molecule has 1 aromatic carbocycles. The van der Waals surface area contributed by atoms with Crippen molar-refractivity contribution in [3.05, 3.63) is 53.6 Å². The molecule has 2 aromatic heterocycles. The summed E-state index contributed by atoms with van der Waals surface area (Å²) >= 11 is 0.